The molecule has 3 aromatic rings. The van der Waals surface area contributed by atoms with Crippen LogP contribution >= 0.6 is 0 Å². The van der Waals surface area contributed by atoms with Crippen LogP contribution in [-0.2, 0) is 6.42 Å². The number of nitrogens with zero attached hydrogens (tertiary/aromatic N) is 2. The van der Waals surface area contributed by atoms with Crippen molar-refractivity contribution in [3.63, 3.8) is 0 Å². The van der Waals surface area contributed by atoms with Crippen LogP contribution < -0.4 is 15.4 Å². The highest BCUT2D eigenvalue weighted by Gasteiger charge is 2.21. The number of nitrogens with one attached hydrogen (secondary N) is 2. The van der Waals surface area contributed by atoms with E-state index in [2.05, 4.69) is 15.6 Å². The van der Waals surface area contributed by atoms with Gasteiger partial charge in [0.15, 0.2) is 5.69 Å². The first-order valence-corrected chi connectivity index (χ1v) is 9.72. The van der Waals surface area contributed by atoms with Gasteiger partial charge >= 0.3 is 0 Å². The summed E-state index contributed by atoms with van der Waals surface area (Å²) < 4.78 is 6.87. The van der Waals surface area contributed by atoms with Crippen LogP contribution in [-0.4, -0.2) is 40.9 Å². The topological polar surface area (TPSA) is 84.7 Å². The van der Waals surface area contributed by atoms with Crippen LogP contribution in [0.5, 0.6) is 5.75 Å². The van der Waals surface area contributed by atoms with Gasteiger partial charge in [-0.15, -0.1) is 0 Å². The van der Waals surface area contributed by atoms with Gasteiger partial charge in [0.25, 0.3) is 11.8 Å². The number of aromatic nitrogens is 2. The Hall–Kier alpha value is -3.35. The van der Waals surface area contributed by atoms with Crippen molar-refractivity contribution >= 4 is 17.3 Å². The van der Waals surface area contributed by atoms with Gasteiger partial charge in [0.1, 0.15) is 5.75 Å². The van der Waals surface area contributed by atoms with Crippen molar-refractivity contribution in [3.05, 3.63) is 65.7 Å². The number of amides is 2. The fraction of sp³-hybridized carbons (Fsp3) is 0.318. The van der Waals surface area contributed by atoms with Crippen molar-refractivity contribution in [1.29, 1.82) is 0 Å². The molecule has 0 fully saturated rings. The molecule has 0 aliphatic rings. The second-order valence-corrected chi connectivity index (χ2v) is 6.88. The third-order valence-electron chi connectivity index (χ3n) is 4.79. The minimum atomic E-state index is -0.323. The first kappa shape index (κ1) is 20.4. The first-order chi connectivity index (χ1) is 14.0. The van der Waals surface area contributed by atoms with E-state index in [1.54, 1.807) is 29.8 Å². The lowest BCUT2D eigenvalue weighted by molar-refractivity contribution is 0.0936. The average Bonchev–Trinajstić information content (AvgIpc) is 3.13. The van der Waals surface area contributed by atoms with Crippen LogP contribution in [0.15, 0.2) is 48.7 Å². The summed E-state index contributed by atoms with van der Waals surface area (Å²) in [5.74, 6) is 0.376. The van der Waals surface area contributed by atoms with Gasteiger partial charge in [-0.1, -0.05) is 25.1 Å². The Kier molecular flexibility index (Phi) is 6.49. The van der Waals surface area contributed by atoms with Crippen molar-refractivity contribution in [1.82, 2.24) is 20.0 Å². The molecule has 0 saturated carbocycles. The highest BCUT2D eigenvalue weighted by Crippen LogP contribution is 2.15. The molecule has 1 atom stereocenters. The molecule has 7 heteroatoms. The minimum absolute atomic E-state index is 0.0307. The predicted molar refractivity (Wildman–Crippen MR) is 111 cm³/mol. The number of pyridine rings is 1. The highest BCUT2D eigenvalue weighted by atomic mass is 16.5. The predicted octanol–water partition coefficient (Wildman–Crippen LogP) is 2.84. The van der Waals surface area contributed by atoms with E-state index in [4.69, 9.17) is 4.74 Å². The van der Waals surface area contributed by atoms with E-state index in [1.807, 2.05) is 44.2 Å². The normalized spacial score (nSPS) is 11.8. The first-order valence-electron chi connectivity index (χ1n) is 9.72. The zero-order valence-corrected chi connectivity index (χ0v) is 16.9. The molecular formula is C22H26N4O3. The summed E-state index contributed by atoms with van der Waals surface area (Å²) in [7, 11) is 1.62. The Labute approximate surface area is 170 Å². The molecule has 0 aliphatic heterocycles. The Morgan fingerprint density at radius 2 is 2.00 bits per heavy atom. The van der Waals surface area contributed by atoms with Gasteiger partial charge in [0, 0.05) is 18.8 Å². The van der Waals surface area contributed by atoms with E-state index in [0.29, 0.717) is 18.5 Å². The molecule has 1 unspecified atom stereocenters. The number of carbonyl (C=O) groups excluding carboxylic acids is 2. The zero-order valence-electron chi connectivity index (χ0n) is 16.9. The van der Waals surface area contributed by atoms with Gasteiger partial charge in [-0.05, 0) is 49.6 Å². The molecule has 29 heavy (non-hydrogen) atoms. The molecule has 0 radical (unpaired) electrons. The highest BCUT2D eigenvalue weighted by molar-refractivity contribution is 6.02. The second kappa shape index (κ2) is 9.23. The Morgan fingerprint density at radius 3 is 2.76 bits per heavy atom. The maximum absolute atomic E-state index is 12.7. The molecule has 2 aromatic heterocycles. The van der Waals surface area contributed by atoms with Crippen molar-refractivity contribution < 1.29 is 14.3 Å². The summed E-state index contributed by atoms with van der Waals surface area (Å²) in [6.07, 6.45) is 3.21. The van der Waals surface area contributed by atoms with Gasteiger partial charge in [-0.25, -0.2) is 4.98 Å². The van der Waals surface area contributed by atoms with Crippen LogP contribution in [0.25, 0.3) is 5.52 Å². The van der Waals surface area contributed by atoms with Crippen LogP contribution in [0.2, 0.25) is 0 Å². The molecule has 7 nitrogen and oxygen atoms in total. The molecule has 1 aromatic carbocycles. The maximum atomic E-state index is 12.7. The number of fused-ring (bicyclic) bond motifs is 1. The number of rotatable bonds is 8. The van der Waals surface area contributed by atoms with E-state index < -0.39 is 0 Å². The lowest BCUT2D eigenvalue weighted by atomic mass is 10.1. The average molecular weight is 394 g/mol. The smallest absolute Gasteiger partial charge is 0.287 e. The summed E-state index contributed by atoms with van der Waals surface area (Å²) in [6, 6.07) is 13.2. The number of methoxy groups -OCH3 is 1. The van der Waals surface area contributed by atoms with Gasteiger partial charge in [0.05, 0.1) is 12.6 Å². The van der Waals surface area contributed by atoms with Crippen molar-refractivity contribution in [2.24, 2.45) is 0 Å². The maximum Gasteiger partial charge on any atom is 0.287 e. The van der Waals surface area contributed by atoms with E-state index in [-0.39, 0.29) is 29.4 Å². The molecule has 0 aliphatic carbocycles. The summed E-state index contributed by atoms with van der Waals surface area (Å²) in [6.45, 7) is 4.38. The van der Waals surface area contributed by atoms with Crippen molar-refractivity contribution in [2.75, 3.05) is 13.7 Å². The Morgan fingerprint density at radius 1 is 1.17 bits per heavy atom. The van der Waals surface area contributed by atoms with Crippen LogP contribution in [0.4, 0.5) is 0 Å². The minimum Gasteiger partial charge on any atom is -0.497 e. The van der Waals surface area contributed by atoms with E-state index in [1.165, 1.54) is 0 Å². The molecule has 0 bridgehead atoms. The number of hydrogen-bond donors (Lipinski definition) is 2. The quantitative estimate of drug-likeness (QED) is 0.615. The van der Waals surface area contributed by atoms with Crippen LogP contribution in [0.3, 0.4) is 0 Å². The lowest BCUT2D eigenvalue weighted by Gasteiger charge is -2.09. The monoisotopic (exact) mass is 394 g/mol. The molecular weight excluding hydrogens is 368 g/mol. The number of hydrogen-bond acceptors (Lipinski definition) is 4. The number of carbonyl (C=O) groups is 2. The lowest BCUT2D eigenvalue weighted by Crippen LogP contribution is -2.32. The van der Waals surface area contributed by atoms with E-state index >= 15 is 0 Å². The van der Waals surface area contributed by atoms with Gasteiger partial charge < -0.3 is 15.4 Å². The number of ether oxygens (including phenoxy) is 1. The van der Waals surface area contributed by atoms with E-state index in [9.17, 15) is 9.59 Å². The third kappa shape index (κ3) is 4.74. The van der Waals surface area contributed by atoms with Crippen molar-refractivity contribution in [3.8, 4) is 5.75 Å². The van der Waals surface area contributed by atoms with Gasteiger partial charge in [-0.2, -0.15) is 0 Å². The van der Waals surface area contributed by atoms with Gasteiger partial charge in [0.2, 0.25) is 5.82 Å². The summed E-state index contributed by atoms with van der Waals surface area (Å²) in [4.78, 5) is 29.7. The number of benzene rings is 1. The van der Waals surface area contributed by atoms with E-state index in [0.717, 1.165) is 17.7 Å². The molecule has 2 N–H and O–H groups in total. The molecule has 0 spiro atoms. The molecule has 2 heterocycles. The second-order valence-electron chi connectivity index (χ2n) is 6.88. The Bertz CT molecular complexity index is 1010. The fourth-order valence-electron chi connectivity index (χ4n) is 2.99. The van der Waals surface area contributed by atoms with Gasteiger partial charge in [-0.3, -0.25) is 14.0 Å². The van der Waals surface area contributed by atoms with Crippen molar-refractivity contribution in [2.45, 2.75) is 32.7 Å². The summed E-state index contributed by atoms with van der Waals surface area (Å²) >= 11 is 0. The van der Waals surface area contributed by atoms with Crippen LogP contribution in [0.1, 0.15) is 46.9 Å². The SMILES string of the molecule is CCC(C)NC(=O)c1nc(C(=O)NCCc2cccc(OC)c2)n2ccccc12. The summed E-state index contributed by atoms with van der Waals surface area (Å²) in [5, 5.41) is 5.79. The Balaban J connectivity index is 1.74. The fourth-order valence-corrected chi connectivity index (χ4v) is 2.99. The largest absolute Gasteiger partial charge is 0.497 e. The number of imidazole rings is 1. The van der Waals surface area contributed by atoms with Crippen LogP contribution in [0, 0.1) is 0 Å². The molecule has 2 amide bonds. The molecule has 152 valence electrons. The third-order valence-corrected chi connectivity index (χ3v) is 4.79. The zero-order chi connectivity index (χ0) is 20.8. The standard InChI is InChI=1S/C22H26N4O3/c1-4-15(2)24-21(27)19-18-10-5-6-13-26(18)20(25-19)22(28)23-12-11-16-8-7-9-17(14-16)29-3/h5-10,13-15H,4,11-12H2,1-3H3,(H,23,28)(H,24,27). The molecule has 0 saturated heterocycles. The summed E-state index contributed by atoms with van der Waals surface area (Å²) in [5.41, 5.74) is 1.92. The molecule has 3 rings (SSSR count).